The standard InChI is InChI=1S/C23H31N5O3/c1-4-5-11-24-20(29)16-26-12-14-27(15-13-26)23(31)22(30)21-17(2)25-28(18(21)3)19-9-7-6-8-10-19/h6-10H,4-5,11-16H2,1-3H3,(H,24,29). The van der Waals surface area contributed by atoms with Gasteiger partial charge < -0.3 is 10.2 Å². The molecule has 0 saturated carbocycles. The average Bonchev–Trinajstić information content (AvgIpc) is 3.08. The molecular weight excluding hydrogens is 394 g/mol. The van der Waals surface area contributed by atoms with Gasteiger partial charge >= 0.3 is 0 Å². The molecule has 1 saturated heterocycles. The Kier molecular flexibility index (Phi) is 7.57. The number of carbonyl (C=O) groups excluding carboxylic acids is 3. The van der Waals surface area contributed by atoms with Crippen LogP contribution in [0.15, 0.2) is 30.3 Å². The molecule has 1 aliphatic heterocycles. The fraction of sp³-hybridized carbons (Fsp3) is 0.478. The van der Waals surface area contributed by atoms with Gasteiger partial charge in [0.2, 0.25) is 5.91 Å². The number of aryl methyl sites for hydroxylation is 1. The Labute approximate surface area is 183 Å². The van der Waals surface area contributed by atoms with Crippen molar-refractivity contribution in [3.05, 3.63) is 47.3 Å². The van der Waals surface area contributed by atoms with E-state index in [-0.39, 0.29) is 5.91 Å². The van der Waals surface area contributed by atoms with Crippen molar-refractivity contribution < 1.29 is 14.4 Å². The summed E-state index contributed by atoms with van der Waals surface area (Å²) in [5.41, 5.74) is 2.42. The summed E-state index contributed by atoms with van der Waals surface area (Å²) in [6, 6.07) is 9.55. The van der Waals surface area contributed by atoms with Crippen molar-refractivity contribution in [3.63, 3.8) is 0 Å². The second-order valence-corrected chi connectivity index (χ2v) is 7.89. The predicted octanol–water partition coefficient (Wildman–Crippen LogP) is 1.73. The lowest BCUT2D eigenvalue weighted by molar-refractivity contribution is -0.128. The number of nitrogens with one attached hydrogen (secondary N) is 1. The van der Waals surface area contributed by atoms with Gasteiger partial charge in [-0.3, -0.25) is 19.3 Å². The fourth-order valence-corrected chi connectivity index (χ4v) is 3.82. The molecule has 2 aromatic rings. The summed E-state index contributed by atoms with van der Waals surface area (Å²) in [4.78, 5) is 41.5. The maximum absolute atomic E-state index is 13.0. The lowest BCUT2D eigenvalue weighted by Crippen LogP contribution is -2.52. The first-order valence-electron chi connectivity index (χ1n) is 10.9. The average molecular weight is 426 g/mol. The number of nitrogens with zero attached hydrogens (tertiary/aromatic N) is 4. The summed E-state index contributed by atoms with van der Waals surface area (Å²) in [7, 11) is 0. The molecule has 8 nitrogen and oxygen atoms in total. The summed E-state index contributed by atoms with van der Waals surface area (Å²) < 4.78 is 1.70. The number of hydrogen-bond donors (Lipinski definition) is 1. The molecular formula is C23H31N5O3. The number of aromatic nitrogens is 2. The lowest BCUT2D eigenvalue weighted by atomic mass is 10.1. The van der Waals surface area contributed by atoms with Crippen molar-refractivity contribution in [1.29, 1.82) is 0 Å². The summed E-state index contributed by atoms with van der Waals surface area (Å²) in [6.45, 7) is 8.65. The van der Waals surface area contributed by atoms with Gasteiger partial charge in [-0.05, 0) is 32.4 Å². The van der Waals surface area contributed by atoms with Crippen molar-refractivity contribution in [2.24, 2.45) is 0 Å². The second-order valence-electron chi connectivity index (χ2n) is 7.89. The minimum atomic E-state index is -0.525. The highest BCUT2D eigenvalue weighted by Crippen LogP contribution is 2.19. The Morgan fingerprint density at radius 2 is 1.71 bits per heavy atom. The van der Waals surface area contributed by atoms with Gasteiger partial charge in [-0.15, -0.1) is 0 Å². The molecule has 1 aliphatic rings. The first kappa shape index (κ1) is 22.7. The van der Waals surface area contributed by atoms with Gasteiger partial charge in [0.05, 0.1) is 29.2 Å². The third-order valence-corrected chi connectivity index (χ3v) is 5.59. The molecule has 0 spiro atoms. The third kappa shape index (κ3) is 5.38. The third-order valence-electron chi connectivity index (χ3n) is 5.59. The van der Waals surface area contributed by atoms with Gasteiger partial charge in [0.25, 0.3) is 11.7 Å². The molecule has 31 heavy (non-hydrogen) atoms. The zero-order chi connectivity index (χ0) is 22.4. The van der Waals surface area contributed by atoms with Crippen LogP contribution in [-0.2, 0) is 9.59 Å². The number of ketones is 1. The molecule has 0 aliphatic carbocycles. The van der Waals surface area contributed by atoms with E-state index in [2.05, 4.69) is 17.3 Å². The lowest BCUT2D eigenvalue weighted by Gasteiger charge is -2.33. The van der Waals surface area contributed by atoms with E-state index in [1.165, 1.54) is 0 Å². The van der Waals surface area contributed by atoms with E-state index >= 15 is 0 Å². The van der Waals surface area contributed by atoms with Crippen LogP contribution in [0.2, 0.25) is 0 Å². The Morgan fingerprint density at radius 1 is 1.03 bits per heavy atom. The van der Waals surface area contributed by atoms with Crippen LogP contribution in [0.1, 0.15) is 41.5 Å². The van der Waals surface area contributed by atoms with E-state index < -0.39 is 11.7 Å². The molecule has 166 valence electrons. The zero-order valence-electron chi connectivity index (χ0n) is 18.6. The van der Waals surface area contributed by atoms with Crippen molar-refractivity contribution in [2.45, 2.75) is 33.6 Å². The number of carbonyl (C=O) groups is 3. The van der Waals surface area contributed by atoms with Crippen LogP contribution in [0.5, 0.6) is 0 Å². The molecule has 2 amide bonds. The van der Waals surface area contributed by atoms with Gasteiger partial charge in [-0.25, -0.2) is 4.68 Å². The van der Waals surface area contributed by atoms with E-state index in [4.69, 9.17) is 0 Å². The molecule has 0 radical (unpaired) electrons. The van der Waals surface area contributed by atoms with Crippen molar-refractivity contribution in [2.75, 3.05) is 39.3 Å². The molecule has 8 heteroatoms. The minimum Gasteiger partial charge on any atom is -0.355 e. The first-order chi connectivity index (χ1) is 14.9. The summed E-state index contributed by atoms with van der Waals surface area (Å²) in [5.74, 6) is -1.03. The van der Waals surface area contributed by atoms with Crippen LogP contribution in [0, 0.1) is 13.8 Å². The van der Waals surface area contributed by atoms with Crippen molar-refractivity contribution in [3.8, 4) is 5.69 Å². The van der Waals surface area contributed by atoms with E-state index in [0.717, 1.165) is 18.5 Å². The summed E-state index contributed by atoms with van der Waals surface area (Å²) >= 11 is 0. The summed E-state index contributed by atoms with van der Waals surface area (Å²) in [5, 5.41) is 7.39. The normalized spacial score (nSPS) is 14.5. The molecule has 3 rings (SSSR count). The van der Waals surface area contributed by atoms with Gasteiger partial charge in [-0.2, -0.15) is 5.10 Å². The van der Waals surface area contributed by atoms with Gasteiger partial charge in [-0.1, -0.05) is 31.5 Å². The molecule has 0 atom stereocenters. The molecule has 1 fully saturated rings. The molecule has 0 bridgehead atoms. The molecule has 1 aromatic carbocycles. The zero-order valence-corrected chi connectivity index (χ0v) is 18.6. The maximum atomic E-state index is 13.0. The Morgan fingerprint density at radius 3 is 2.35 bits per heavy atom. The van der Waals surface area contributed by atoms with E-state index in [1.54, 1.807) is 16.5 Å². The maximum Gasteiger partial charge on any atom is 0.295 e. The number of para-hydroxylation sites is 1. The van der Waals surface area contributed by atoms with Crippen molar-refractivity contribution >= 4 is 17.6 Å². The Balaban J connectivity index is 1.60. The van der Waals surface area contributed by atoms with Crippen LogP contribution >= 0.6 is 0 Å². The van der Waals surface area contributed by atoms with Gasteiger partial charge in [0.15, 0.2) is 0 Å². The number of benzene rings is 1. The van der Waals surface area contributed by atoms with Gasteiger partial charge in [0, 0.05) is 32.7 Å². The second kappa shape index (κ2) is 10.3. The van der Waals surface area contributed by atoms with E-state index in [0.29, 0.717) is 56.2 Å². The topological polar surface area (TPSA) is 87.5 Å². The number of rotatable bonds is 8. The highest BCUT2D eigenvalue weighted by Gasteiger charge is 2.31. The number of hydrogen-bond acceptors (Lipinski definition) is 5. The number of piperazine rings is 1. The van der Waals surface area contributed by atoms with Crippen LogP contribution < -0.4 is 5.32 Å². The SMILES string of the molecule is CCCCNC(=O)CN1CCN(C(=O)C(=O)c2c(C)nn(-c3ccccc3)c2C)CC1. The minimum absolute atomic E-state index is 0.00359. The van der Waals surface area contributed by atoms with Crippen molar-refractivity contribution in [1.82, 2.24) is 24.9 Å². The molecule has 1 N–H and O–H groups in total. The van der Waals surface area contributed by atoms with Crippen LogP contribution in [0.4, 0.5) is 0 Å². The predicted molar refractivity (Wildman–Crippen MR) is 118 cm³/mol. The fourth-order valence-electron chi connectivity index (χ4n) is 3.82. The highest BCUT2D eigenvalue weighted by molar-refractivity contribution is 6.43. The number of unbranched alkanes of at least 4 members (excludes halogenated alkanes) is 1. The Bertz CT molecular complexity index is 930. The molecule has 1 aromatic heterocycles. The quantitative estimate of drug-likeness (QED) is 0.395. The first-order valence-corrected chi connectivity index (χ1v) is 10.9. The monoisotopic (exact) mass is 425 g/mol. The van der Waals surface area contributed by atoms with Gasteiger partial charge in [0.1, 0.15) is 0 Å². The molecule has 0 unspecified atom stereocenters. The Hall–Kier alpha value is -3.00. The van der Waals surface area contributed by atoms with Crippen LogP contribution in [0.3, 0.4) is 0 Å². The number of amides is 2. The largest absolute Gasteiger partial charge is 0.355 e. The smallest absolute Gasteiger partial charge is 0.295 e. The van der Waals surface area contributed by atoms with E-state index in [9.17, 15) is 14.4 Å². The van der Waals surface area contributed by atoms with Crippen LogP contribution in [0.25, 0.3) is 5.69 Å². The summed E-state index contributed by atoms with van der Waals surface area (Å²) in [6.07, 6.45) is 2.01. The number of Topliss-reactive ketones (excluding diaryl/α,β-unsaturated/α-hetero) is 1. The highest BCUT2D eigenvalue weighted by atomic mass is 16.2. The van der Waals surface area contributed by atoms with E-state index in [1.807, 2.05) is 42.2 Å². The van der Waals surface area contributed by atoms with Crippen LogP contribution in [-0.4, -0.2) is 76.4 Å². The molecule has 2 heterocycles.